The molecule has 0 fully saturated rings. The Kier molecular flexibility index (Phi) is 56.1. The quantitative estimate of drug-likeness (QED) is 0.0243. The number of aliphatic hydroxyl groups excluding tert-OH is 1. The molecule has 0 aliphatic carbocycles. The normalized spacial score (nSPS) is 14.2. The van der Waals surface area contributed by atoms with E-state index in [9.17, 15) is 19.4 Å². The maximum absolute atomic E-state index is 13.0. The SMILES string of the molecule is CCCCCCC/C=C\C/C=C\C/C=C\CCCCCCCCCCCCC(=O)NC(COP(=O)(O)OCC[N+](C)(C)C)C(O)/C=C/CC/C=C/CC/C=C/CCCCCCCCCCCCCCCCCCCCC. The maximum atomic E-state index is 13.0. The van der Waals surface area contributed by atoms with Crippen LogP contribution in [0.25, 0.3) is 0 Å². The van der Waals surface area contributed by atoms with Gasteiger partial charge >= 0.3 is 7.82 Å². The first-order chi connectivity index (χ1) is 37.0. The van der Waals surface area contributed by atoms with Crippen LogP contribution in [0.1, 0.15) is 296 Å². The monoisotopic (exact) mass is 1090 g/mol. The fraction of sp³-hybridized carbons (Fsp3) is 0.806. The van der Waals surface area contributed by atoms with Gasteiger partial charge in [-0.05, 0) is 83.5 Å². The van der Waals surface area contributed by atoms with E-state index in [2.05, 4.69) is 79.9 Å². The first-order valence-electron chi connectivity index (χ1n) is 32.3. The van der Waals surface area contributed by atoms with Crippen molar-refractivity contribution in [1.29, 1.82) is 0 Å². The molecule has 3 unspecified atom stereocenters. The number of likely N-dealkylation sites (N-methyl/N-ethyl adjacent to an activating group) is 1. The second-order valence-electron chi connectivity index (χ2n) is 23.1. The molecule has 0 heterocycles. The first-order valence-corrected chi connectivity index (χ1v) is 33.8. The first kappa shape index (κ1) is 73.9. The molecule has 76 heavy (non-hydrogen) atoms. The predicted molar refractivity (Wildman–Crippen MR) is 332 cm³/mol. The average molecular weight is 1090 g/mol. The van der Waals surface area contributed by atoms with E-state index >= 15 is 0 Å². The van der Waals surface area contributed by atoms with Crippen LogP contribution in [-0.2, 0) is 18.4 Å². The van der Waals surface area contributed by atoms with Crippen molar-refractivity contribution in [2.24, 2.45) is 0 Å². The van der Waals surface area contributed by atoms with Crippen molar-refractivity contribution in [2.75, 3.05) is 40.9 Å². The number of nitrogens with zero attached hydrogens (tertiary/aromatic N) is 1. The third kappa shape index (κ3) is 59.6. The van der Waals surface area contributed by atoms with Gasteiger partial charge in [0.05, 0.1) is 39.9 Å². The second-order valence-corrected chi connectivity index (χ2v) is 24.6. The van der Waals surface area contributed by atoms with E-state index in [1.54, 1.807) is 6.08 Å². The fourth-order valence-corrected chi connectivity index (χ4v) is 10.1. The Hall–Kier alpha value is -2.06. The number of hydrogen-bond donors (Lipinski definition) is 3. The van der Waals surface area contributed by atoms with Crippen molar-refractivity contribution in [3.05, 3.63) is 72.9 Å². The van der Waals surface area contributed by atoms with Gasteiger partial charge < -0.3 is 19.8 Å². The lowest BCUT2D eigenvalue weighted by Gasteiger charge is -2.25. The topological polar surface area (TPSA) is 105 Å². The molecule has 3 atom stereocenters. The highest BCUT2D eigenvalue weighted by atomic mass is 31.2. The lowest BCUT2D eigenvalue weighted by Crippen LogP contribution is -2.45. The molecule has 9 heteroatoms. The smallest absolute Gasteiger partial charge is 0.387 e. The van der Waals surface area contributed by atoms with Crippen molar-refractivity contribution in [3.63, 3.8) is 0 Å². The zero-order chi connectivity index (χ0) is 55.6. The zero-order valence-corrected chi connectivity index (χ0v) is 51.6. The van der Waals surface area contributed by atoms with Crippen molar-refractivity contribution >= 4 is 13.7 Å². The Labute approximate surface area is 472 Å². The predicted octanol–water partition coefficient (Wildman–Crippen LogP) is 20.2. The number of phosphoric ester groups is 1. The number of amides is 1. The summed E-state index contributed by atoms with van der Waals surface area (Å²) in [6.07, 6.45) is 80.3. The van der Waals surface area contributed by atoms with Crippen molar-refractivity contribution in [3.8, 4) is 0 Å². The standard InChI is InChI=1S/C67H125N2O6P/c1-6-8-10-12-14-16-18-20-22-24-26-28-30-32-33-34-35-37-38-40-42-44-46-48-50-52-54-56-58-60-66(70)65(64-75-76(72,73)74-63-62-69(3,4)5)68-67(71)61-59-57-55-53-51-49-47-45-43-41-39-36-31-29-27-25-23-21-19-17-15-13-11-9-7-2/h19,21,25,27,31,36,42,44,50,52,58,60,65-66,70H,6-18,20,22-24,26,28-30,32-35,37-41,43,45-49,51,53-57,59,61-64H2,1-5H3,(H-,68,71,72,73)/p+1/b21-19-,27-25-,36-31-,44-42+,52-50+,60-58+. The molecule has 0 bridgehead atoms. The minimum Gasteiger partial charge on any atom is -0.387 e. The number of nitrogens with one attached hydrogen (secondary N) is 1. The number of quaternary nitrogens is 1. The molecule has 0 saturated carbocycles. The molecule has 0 radical (unpaired) electrons. The van der Waals surface area contributed by atoms with Gasteiger partial charge in [0, 0.05) is 6.42 Å². The Bertz CT molecular complexity index is 1470. The summed E-state index contributed by atoms with van der Waals surface area (Å²) in [6.45, 7) is 4.80. The van der Waals surface area contributed by atoms with Crippen molar-refractivity contribution in [2.45, 2.75) is 309 Å². The largest absolute Gasteiger partial charge is 0.472 e. The Morgan fingerprint density at radius 3 is 1.14 bits per heavy atom. The number of allylic oxidation sites excluding steroid dienone is 11. The molecule has 0 saturated heterocycles. The van der Waals surface area contributed by atoms with E-state index in [1.165, 1.54) is 218 Å². The van der Waals surface area contributed by atoms with Gasteiger partial charge in [0.25, 0.3) is 0 Å². The Morgan fingerprint density at radius 2 is 0.763 bits per heavy atom. The van der Waals surface area contributed by atoms with Gasteiger partial charge in [-0.25, -0.2) is 4.57 Å². The van der Waals surface area contributed by atoms with Crippen LogP contribution in [0.3, 0.4) is 0 Å². The van der Waals surface area contributed by atoms with Gasteiger partial charge in [0.1, 0.15) is 13.2 Å². The van der Waals surface area contributed by atoms with Crippen LogP contribution in [-0.4, -0.2) is 73.4 Å². The molecule has 0 spiro atoms. The number of phosphoric acid groups is 1. The van der Waals surface area contributed by atoms with Crippen LogP contribution >= 0.6 is 7.82 Å². The van der Waals surface area contributed by atoms with Crippen LogP contribution in [0.15, 0.2) is 72.9 Å². The number of carbonyl (C=O) groups excluding carboxylic acids is 1. The molecule has 0 rings (SSSR count). The summed E-state index contributed by atoms with van der Waals surface area (Å²) >= 11 is 0. The highest BCUT2D eigenvalue weighted by Crippen LogP contribution is 2.43. The number of rotatable bonds is 59. The van der Waals surface area contributed by atoms with Crippen LogP contribution in [0.4, 0.5) is 0 Å². The van der Waals surface area contributed by atoms with Gasteiger partial charge in [-0.3, -0.25) is 13.8 Å². The van der Waals surface area contributed by atoms with Crippen molar-refractivity contribution < 1.29 is 32.9 Å². The van der Waals surface area contributed by atoms with E-state index in [0.29, 0.717) is 17.4 Å². The highest BCUT2D eigenvalue weighted by Gasteiger charge is 2.27. The molecule has 1 amide bonds. The molecule has 8 nitrogen and oxygen atoms in total. The molecule has 0 aliphatic heterocycles. The molecule has 0 aliphatic rings. The third-order valence-corrected chi connectivity index (χ3v) is 15.4. The van der Waals surface area contributed by atoms with Gasteiger partial charge in [-0.2, -0.15) is 0 Å². The zero-order valence-electron chi connectivity index (χ0n) is 50.7. The van der Waals surface area contributed by atoms with Crippen LogP contribution < -0.4 is 5.32 Å². The summed E-state index contributed by atoms with van der Waals surface area (Å²) in [6, 6.07) is -0.877. The van der Waals surface area contributed by atoms with E-state index in [1.807, 2.05) is 27.2 Å². The van der Waals surface area contributed by atoms with E-state index < -0.39 is 20.0 Å². The Balaban J connectivity index is 4.22. The van der Waals surface area contributed by atoms with E-state index in [0.717, 1.165) is 57.8 Å². The number of carbonyl (C=O) groups is 1. The summed E-state index contributed by atoms with van der Waals surface area (Å²) in [5, 5.41) is 14.0. The van der Waals surface area contributed by atoms with Gasteiger partial charge in [0.2, 0.25) is 5.91 Å². The molecular weight excluding hydrogens is 960 g/mol. The van der Waals surface area contributed by atoms with Gasteiger partial charge in [0.15, 0.2) is 0 Å². The molecule has 0 aromatic heterocycles. The third-order valence-electron chi connectivity index (χ3n) is 14.4. The number of aliphatic hydroxyl groups is 1. The molecule has 0 aromatic carbocycles. The van der Waals surface area contributed by atoms with Crippen LogP contribution in [0.5, 0.6) is 0 Å². The average Bonchev–Trinajstić information content (AvgIpc) is 3.38. The summed E-state index contributed by atoms with van der Waals surface area (Å²) in [5.74, 6) is -0.194. The lowest BCUT2D eigenvalue weighted by molar-refractivity contribution is -0.870. The highest BCUT2D eigenvalue weighted by molar-refractivity contribution is 7.47. The van der Waals surface area contributed by atoms with E-state index in [4.69, 9.17) is 9.05 Å². The number of hydrogen-bond acceptors (Lipinski definition) is 5. The van der Waals surface area contributed by atoms with Crippen LogP contribution in [0, 0.1) is 0 Å². The summed E-state index contributed by atoms with van der Waals surface area (Å²) in [7, 11) is 1.54. The summed E-state index contributed by atoms with van der Waals surface area (Å²) < 4.78 is 23.7. The molecule has 444 valence electrons. The summed E-state index contributed by atoms with van der Waals surface area (Å²) in [5.41, 5.74) is 0. The maximum Gasteiger partial charge on any atom is 0.472 e. The fourth-order valence-electron chi connectivity index (χ4n) is 9.32. The van der Waals surface area contributed by atoms with Gasteiger partial charge in [-0.1, -0.05) is 279 Å². The molecule has 0 aromatic rings. The van der Waals surface area contributed by atoms with Crippen molar-refractivity contribution in [1.82, 2.24) is 5.32 Å². The lowest BCUT2D eigenvalue weighted by atomic mass is 10.0. The van der Waals surface area contributed by atoms with Gasteiger partial charge in [-0.15, -0.1) is 0 Å². The minimum atomic E-state index is -4.37. The second kappa shape index (κ2) is 57.6. The Morgan fingerprint density at radius 1 is 0.447 bits per heavy atom. The minimum absolute atomic E-state index is 0.0502. The number of unbranched alkanes of at least 4 members (excludes halogenated alkanes) is 36. The molecular formula is C67H126N2O6P+. The molecule has 3 N–H and O–H groups in total. The van der Waals surface area contributed by atoms with E-state index in [-0.39, 0.29) is 19.1 Å². The van der Waals surface area contributed by atoms with Crippen LogP contribution in [0.2, 0.25) is 0 Å². The summed E-state index contributed by atoms with van der Waals surface area (Å²) in [4.78, 5) is 23.4.